The largest absolute Gasteiger partial charge is 0.506 e. The highest BCUT2D eigenvalue weighted by molar-refractivity contribution is 7.17. The molecule has 1 amide bonds. The number of carbonyl (C=O) groups excluding carboxylic acids is 1. The van der Waals surface area contributed by atoms with Crippen LogP contribution in [0.3, 0.4) is 0 Å². The number of benzene rings is 1. The minimum absolute atomic E-state index is 0.0492. The van der Waals surface area contributed by atoms with Crippen LogP contribution in [0.1, 0.15) is 24.0 Å². The molecule has 1 aromatic carbocycles. The van der Waals surface area contributed by atoms with Crippen LogP contribution < -0.4 is 5.56 Å². The molecule has 9 nitrogen and oxygen atoms in total. The summed E-state index contributed by atoms with van der Waals surface area (Å²) >= 11 is 1.27. The van der Waals surface area contributed by atoms with Gasteiger partial charge in [-0.1, -0.05) is 29.4 Å². The molecule has 32 heavy (non-hydrogen) atoms. The maximum atomic E-state index is 12.2. The van der Waals surface area contributed by atoms with E-state index < -0.39 is 5.56 Å². The summed E-state index contributed by atoms with van der Waals surface area (Å²) in [7, 11) is 0. The highest BCUT2D eigenvalue weighted by Crippen LogP contribution is 2.38. The molecule has 2 aromatic heterocycles. The van der Waals surface area contributed by atoms with Gasteiger partial charge in [0.1, 0.15) is 16.6 Å². The molecule has 164 valence electrons. The lowest BCUT2D eigenvalue weighted by Gasteiger charge is -2.22. The molecule has 1 aliphatic heterocycles. The summed E-state index contributed by atoms with van der Waals surface area (Å²) in [5, 5.41) is 34.9. The third-order valence-electron chi connectivity index (χ3n) is 5.42. The normalized spacial score (nSPS) is 16.0. The molecule has 3 N–H and O–H groups in total. The van der Waals surface area contributed by atoms with E-state index in [2.05, 4.69) is 10.1 Å². The number of carbonyl (C=O) groups is 1. The van der Waals surface area contributed by atoms with E-state index in [1.54, 1.807) is 28.5 Å². The topological polar surface area (TPSA) is 139 Å². The molecule has 4 rings (SSSR count). The van der Waals surface area contributed by atoms with Gasteiger partial charge in [-0.25, -0.2) is 0 Å². The Morgan fingerprint density at radius 3 is 2.91 bits per heavy atom. The van der Waals surface area contributed by atoms with E-state index >= 15 is 0 Å². The van der Waals surface area contributed by atoms with Gasteiger partial charge in [0.25, 0.3) is 11.5 Å². The number of amides is 1. The lowest BCUT2D eigenvalue weighted by atomic mass is 10.0. The van der Waals surface area contributed by atoms with Crippen molar-refractivity contribution in [2.24, 2.45) is 5.16 Å². The predicted octanol–water partition coefficient (Wildman–Crippen LogP) is 2.17. The van der Waals surface area contributed by atoms with Crippen LogP contribution in [0.25, 0.3) is 21.3 Å². The molecule has 10 heteroatoms. The third kappa shape index (κ3) is 4.08. The van der Waals surface area contributed by atoms with Crippen LogP contribution >= 0.6 is 11.3 Å². The molecular formula is C22H20N4O5S. The number of aliphatic hydroxyl groups is 1. The molecule has 1 saturated heterocycles. The van der Waals surface area contributed by atoms with Crippen molar-refractivity contribution in [3.05, 3.63) is 51.1 Å². The highest BCUT2D eigenvalue weighted by atomic mass is 32.1. The van der Waals surface area contributed by atoms with E-state index in [0.717, 1.165) is 24.0 Å². The Morgan fingerprint density at radius 1 is 1.41 bits per heavy atom. The predicted molar refractivity (Wildman–Crippen MR) is 120 cm³/mol. The molecule has 0 radical (unpaired) electrons. The molecule has 3 heterocycles. The van der Waals surface area contributed by atoms with Crippen LogP contribution in [0.2, 0.25) is 0 Å². The number of thiophene rings is 1. The monoisotopic (exact) mass is 452 g/mol. The van der Waals surface area contributed by atoms with Crippen LogP contribution in [0.5, 0.6) is 5.75 Å². The zero-order chi connectivity index (χ0) is 22.7. The Morgan fingerprint density at radius 2 is 2.19 bits per heavy atom. The van der Waals surface area contributed by atoms with Crippen molar-refractivity contribution < 1.29 is 19.8 Å². The number of aromatic nitrogens is 1. The first-order valence-corrected chi connectivity index (χ1v) is 10.8. The molecule has 1 aliphatic rings. The third-order valence-corrected chi connectivity index (χ3v) is 6.32. The number of hydrogen-bond acceptors (Lipinski definition) is 8. The number of H-pyrrole nitrogens is 1. The fourth-order valence-electron chi connectivity index (χ4n) is 3.78. The number of aromatic hydroxyl groups is 1. The van der Waals surface area contributed by atoms with Gasteiger partial charge in [-0.2, -0.15) is 5.26 Å². The lowest BCUT2D eigenvalue weighted by Crippen LogP contribution is -2.39. The SMILES string of the molecule is N#Cc1c(O)c2c(-c3ccc(C=NOCC(=O)N4CCC[C@@H]4CO)cc3)csc2[nH]c1=O. The number of likely N-dealkylation sites (tertiary alicyclic amines) is 1. The Bertz CT molecular complexity index is 1270. The van der Waals surface area contributed by atoms with Crippen molar-refractivity contribution in [3.8, 4) is 22.9 Å². The average Bonchev–Trinajstić information content (AvgIpc) is 3.44. The summed E-state index contributed by atoms with van der Waals surface area (Å²) in [4.78, 5) is 33.9. The average molecular weight is 452 g/mol. The number of hydrogen-bond donors (Lipinski definition) is 3. The maximum Gasteiger partial charge on any atom is 0.270 e. The Labute approximate surface area is 186 Å². The highest BCUT2D eigenvalue weighted by Gasteiger charge is 2.28. The molecule has 3 aromatic rings. The molecule has 0 spiro atoms. The number of fused-ring (bicyclic) bond motifs is 1. The van der Waals surface area contributed by atoms with Gasteiger partial charge in [0.2, 0.25) is 0 Å². The zero-order valence-corrected chi connectivity index (χ0v) is 17.8. The summed E-state index contributed by atoms with van der Waals surface area (Å²) in [6, 6.07) is 8.82. The van der Waals surface area contributed by atoms with Crippen molar-refractivity contribution in [2.75, 3.05) is 19.8 Å². The van der Waals surface area contributed by atoms with Crippen LogP contribution in [-0.4, -0.2) is 58.0 Å². The molecule has 0 bridgehead atoms. The van der Waals surface area contributed by atoms with E-state index in [1.807, 2.05) is 12.1 Å². The number of rotatable bonds is 6. The van der Waals surface area contributed by atoms with Gasteiger partial charge in [-0.3, -0.25) is 9.59 Å². The summed E-state index contributed by atoms with van der Waals surface area (Å²) < 4.78 is 0. The fourth-order valence-corrected chi connectivity index (χ4v) is 4.74. The van der Waals surface area contributed by atoms with Crippen molar-refractivity contribution in [1.82, 2.24) is 9.88 Å². The van der Waals surface area contributed by atoms with Gasteiger partial charge in [0.05, 0.1) is 24.2 Å². The summed E-state index contributed by atoms with van der Waals surface area (Å²) in [5.41, 5.74) is 1.30. The molecule has 1 atom stereocenters. The molecule has 0 unspecified atom stereocenters. The van der Waals surface area contributed by atoms with Crippen LogP contribution in [0.15, 0.2) is 39.6 Å². The van der Waals surface area contributed by atoms with Gasteiger partial charge in [-0.15, -0.1) is 11.3 Å². The second-order valence-corrected chi connectivity index (χ2v) is 8.22. The number of aromatic amines is 1. The first-order chi connectivity index (χ1) is 15.5. The van der Waals surface area contributed by atoms with Crippen molar-refractivity contribution in [2.45, 2.75) is 18.9 Å². The fraction of sp³-hybridized carbons (Fsp3) is 0.273. The van der Waals surface area contributed by atoms with Crippen LogP contribution in [0.4, 0.5) is 0 Å². The minimum atomic E-state index is -0.618. The van der Waals surface area contributed by atoms with Gasteiger partial charge in [0.15, 0.2) is 12.2 Å². The van der Waals surface area contributed by atoms with E-state index in [1.165, 1.54) is 17.6 Å². The number of nitriles is 1. The van der Waals surface area contributed by atoms with E-state index in [4.69, 9.17) is 10.1 Å². The van der Waals surface area contributed by atoms with Crippen LogP contribution in [0, 0.1) is 11.3 Å². The maximum absolute atomic E-state index is 12.2. The van der Waals surface area contributed by atoms with Crippen molar-refractivity contribution >= 4 is 33.7 Å². The van der Waals surface area contributed by atoms with E-state index in [0.29, 0.717) is 22.3 Å². The molecular weight excluding hydrogens is 432 g/mol. The van der Waals surface area contributed by atoms with Crippen molar-refractivity contribution in [3.63, 3.8) is 0 Å². The summed E-state index contributed by atoms with van der Waals surface area (Å²) in [6.07, 6.45) is 3.15. The summed E-state index contributed by atoms with van der Waals surface area (Å²) in [5.74, 6) is -0.527. The van der Waals surface area contributed by atoms with Gasteiger partial charge < -0.3 is 24.9 Å². The zero-order valence-electron chi connectivity index (χ0n) is 16.9. The number of nitrogens with zero attached hydrogens (tertiary/aromatic N) is 3. The standard InChI is InChI=1S/C22H20N4O5S/c23-8-16-20(29)19-17(12-32-22(19)25-21(16)30)14-5-3-13(4-6-14)9-24-31-11-18(28)26-7-1-2-15(26)10-27/h3-6,9,12,15,27H,1-2,7,10-11H2,(H2,25,29,30)/t15-/m1/s1. The van der Waals surface area contributed by atoms with E-state index in [9.17, 15) is 19.8 Å². The van der Waals surface area contributed by atoms with Gasteiger partial charge in [-0.05, 0) is 24.0 Å². The first-order valence-electron chi connectivity index (χ1n) is 9.96. The Balaban J connectivity index is 1.44. The molecule has 1 fully saturated rings. The Hall–Kier alpha value is -3.68. The lowest BCUT2D eigenvalue weighted by molar-refractivity contribution is -0.137. The smallest absolute Gasteiger partial charge is 0.270 e. The minimum Gasteiger partial charge on any atom is -0.506 e. The second-order valence-electron chi connectivity index (χ2n) is 7.34. The number of aliphatic hydroxyl groups excluding tert-OH is 1. The summed E-state index contributed by atoms with van der Waals surface area (Å²) in [6.45, 7) is 0.381. The second kappa shape index (κ2) is 9.21. The van der Waals surface area contributed by atoms with Crippen molar-refractivity contribution in [1.29, 1.82) is 5.26 Å². The van der Waals surface area contributed by atoms with E-state index in [-0.39, 0.29) is 36.5 Å². The molecule has 0 saturated carbocycles. The number of oxime groups is 1. The number of pyridine rings is 1. The quantitative estimate of drug-likeness (QED) is 0.387. The van der Waals surface area contributed by atoms with Gasteiger partial charge >= 0.3 is 0 Å². The molecule has 0 aliphatic carbocycles. The van der Waals surface area contributed by atoms with Gasteiger partial charge in [0, 0.05) is 17.5 Å². The number of nitrogens with one attached hydrogen (secondary N) is 1. The van der Waals surface area contributed by atoms with Crippen LogP contribution in [-0.2, 0) is 9.63 Å². The first kappa shape index (κ1) is 21.5. The Kier molecular flexibility index (Phi) is 6.20.